The van der Waals surface area contributed by atoms with Gasteiger partial charge in [-0.3, -0.25) is 14.5 Å². The van der Waals surface area contributed by atoms with E-state index in [1.165, 1.54) is 0 Å². The minimum absolute atomic E-state index is 0.0872. The first-order valence-electron chi connectivity index (χ1n) is 9.16. The molecule has 2 amide bonds. The zero-order valence-electron chi connectivity index (χ0n) is 14.7. The Bertz CT molecular complexity index is 486. The van der Waals surface area contributed by atoms with E-state index >= 15 is 0 Å². The maximum Gasteiger partial charge on any atom is 0.236 e. The number of rotatable bonds is 2. The van der Waals surface area contributed by atoms with Crippen LogP contribution in [-0.4, -0.2) is 97.1 Å². The molecule has 0 bridgehead atoms. The zero-order chi connectivity index (χ0) is 17.2. The molecule has 136 valence electrons. The lowest BCUT2D eigenvalue weighted by Crippen LogP contribution is -2.62. The molecule has 3 saturated heterocycles. The highest BCUT2D eigenvalue weighted by Crippen LogP contribution is 2.37. The fraction of sp³-hybridized carbons (Fsp3) is 0.882. The molecule has 0 aromatic carbocycles. The van der Waals surface area contributed by atoms with E-state index in [1.54, 1.807) is 4.90 Å². The van der Waals surface area contributed by atoms with Crippen LogP contribution in [0.25, 0.3) is 0 Å². The van der Waals surface area contributed by atoms with Crippen molar-refractivity contribution in [3.8, 4) is 0 Å². The van der Waals surface area contributed by atoms with Gasteiger partial charge in [0.15, 0.2) is 0 Å². The first-order valence-corrected chi connectivity index (χ1v) is 9.16. The minimum atomic E-state index is -0.800. The third kappa shape index (κ3) is 3.58. The number of nitrogens with one attached hydrogen (secondary N) is 1. The second-order valence-electron chi connectivity index (χ2n) is 7.57. The summed E-state index contributed by atoms with van der Waals surface area (Å²) in [5, 5.41) is 13.3. The Labute approximate surface area is 144 Å². The molecule has 0 aliphatic carbocycles. The number of likely N-dealkylation sites (N-methyl/N-ethyl adjacent to an activating group) is 1. The van der Waals surface area contributed by atoms with Gasteiger partial charge in [0.1, 0.15) is 0 Å². The number of aliphatic hydroxyl groups excluding tert-OH is 1. The topological polar surface area (TPSA) is 76.1 Å². The molecule has 3 rings (SSSR count). The summed E-state index contributed by atoms with van der Waals surface area (Å²) in [4.78, 5) is 31.5. The first-order chi connectivity index (χ1) is 11.5. The monoisotopic (exact) mass is 338 g/mol. The van der Waals surface area contributed by atoms with E-state index in [2.05, 4.69) is 22.2 Å². The van der Waals surface area contributed by atoms with E-state index in [0.29, 0.717) is 39.0 Å². The predicted molar refractivity (Wildman–Crippen MR) is 90.4 cm³/mol. The van der Waals surface area contributed by atoms with Gasteiger partial charge >= 0.3 is 0 Å². The van der Waals surface area contributed by atoms with Gasteiger partial charge in [-0.1, -0.05) is 0 Å². The molecule has 24 heavy (non-hydrogen) atoms. The molecule has 2 atom stereocenters. The molecule has 3 aliphatic rings. The number of amides is 2. The average Bonchev–Trinajstić information content (AvgIpc) is 2.77. The highest BCUT2D eigenvalue weighted by Gasteiger charge is 2.50. The van der Waals surface area contributed by atoms with Crippen molar-refractivity contribution in [2.75, 3.05) is 59.4 Å². The Hall–Kier alpha value is -1.18. The van der Waals surface area contributed by atoms with Crippen molar-refractivity contribution < 1.29 is 14.7 Å². The third-order valence-electron chi connectivity index (χ3n) is 5.84. The second-order valence-corrected chi connectivity index (χ2v) is 7.57. The molecule has 0 aromatic rings. The second kappa shape index (κ2) is 7.37. The van der Waals surface area contributed by atoms with E-state index in [0.717, 1.165) is 39.0 Å². The lowest BCUT2D eigenvalue weighted by atomic mass is 9.71. The van der Waals surface area contributed by atoms with Crippen molar-refractivity contribution in [2.24, 2.45) is 5.41 Å². The number of likely N-dealkylation sites (tertiary alicyclic amines) is 1. The molecule has 1 spiro atoms. The molecule has 0 saturated carbocycles. The molecule has 0 aromatic heterocycles. The van der Waals surface area contributed by atoms with E-state index in [-0.39, 0.29) is 11.8 Å². The van der Waals surface area contributed by atoms with Crippen LogP contribution in [0.3, 0.4) is 0 Å². The summed E-state index contributed by atoms with van der Waals surface area (Å²) in [5.41, 5.74) is -0.800. The fourth-order valence-electron chi connectivity index (χ4n) is 4.21. The molecule has 7 nitrogen and oxygen atoms in total. The van der Waals surface area contributed by atoms with Crippen LogP contribution in [0.1, 0.15) is 25.7 Å². The number of nitrogens with zero attached hydrogens (tertiary/aromatic N) is 3. The van der Waals surface area contributed by atoms with Crippen LogP contribution in [0.2, 0.25) is 0 Å². The van der Waals surface area contributed by atoms with Gasteiger partial charge < -0.3 is 20.2 Å². The Kier molecular flexibility index (Phi) is 5.42. The smallest absolute Gasteiger partial charge is 0.236 e. The highest BCUT2D eigenvalue weighted by atomic mass is 16.3. The van der Waals surface area contributed by atoms with Crippen LogP contribution in [0.15, 0.2) is 0 Å². The maximum absolute atomic E-state index is 12.8. The van der Waals surface area contributed by atoms with Gasteiger partial charge in [0.25, 0.3) is 0 Å². The largest absolute Gasteiger partial charge is 0.392 e. The summed E-state index contributed by atoms with van der Waals surface area (Å²) >= 11 is 0. The minimum Gasteiger partial charge on any atom is -0.392 e. The number of piperidine rings is 2. The SMILES string of the molecule is CN1CCCN(CC(=O)N2CC[C@H](O)[C@@]3(CCCNC3=O)C2)CC1. The van der Waals surface area contributed by atoms with E-state index in [1.807, 2.05) is 0 Å². The molecule has 3 aliphatic heterocycles. The zero-order valence-corrected chi connectivity index (χ0v) is 14.7. The standard InChI is InChI=1S/C17H30N4O3/c1-19-7-3-8-20(11-10-19)12-15(23)21-9-4-14(22)17(13-21)5-2-6-18-16(17)24/h14,22H,2-13H2,1H3,(H,18,24)/t14-,17+/m0/s1. The Morgan fingerprint density at radius 3 is 2.88 bits per heavy atom. The summed E-state index contributed by atoms with van der Waals surface area (Å²) in [5.74, 6) is -0.000603. The van der Waals surface area contributed by atoms with Gasteiger partial charge in [0, 0.05) is 32.7 Å². The van der Waals surface area contributed by atoms with E-state index in [4.69, 9.17) is 0 Å². The Balaban J connectivity index is 1.62. The fourth-order valence-corrected chi connectivity index (χ4v) is 4.21. The summed E-state index contributed by atoms with van der Waals surface area (Å²) in [6.07, 6.45) is 2.45. The number of hydrogen-bond donors (Lipinski definition) is 2. The molecule has 7 heteroatoms. The van der Waals surface area contributed by atoms with Crippen molar-refractivity contribution in [2.45, 2.75) is 31.8 Å². The molecular formula is C17H30N4O3. The van der Waals surface area contributed by atoms with Crippen molar-refractivity contribution in [1.29, 1.82) is 0 Å². The van der Waals surface area contributed by atoms with Gasteiger partial charge in [-0.05, 0) is 45.8 Å². The van der Waals surface area contributed by atoms with E-state index in [9.17, 15) is 14.7 Å². The summed E-state index contributed by atoms with van der Waals surface area (Å²) in [7, 11) is 2.11. The normalized spacial score (nSPS) is 33.3. The lowest BCUT2D eigenvalue weighted by Gasteiger charge is -2.47. The first kappa shape index (κ1) is 17.6. The molecule has 2 N–H and O–H groups in total. The molecule has 0 radical (unpaired) electrons. The number of carbonyl (C=O) groups excluding carboxylic acids is 2. The van der Waals surface area contributed by atoms with Crippen LogP contribution in [0.5, 0.6) is 0 Å². The molecule has 3 heterocycles. The van der Waals surface area contributed by atoms with Gasteiger partial charge in [-0.25, -0.2) is 0 Å². The van der Waals surface area contributed by atoms with Crippen molar-refractivity contribution in [3.05, 3.63) is 0 Å². The lowest BCUT2D eigenvalue weighted by molar-refractivity contribution is -0.155. The van der Waals surface area contributed by atoms with Crippen molar-refractivity contribution >= 4 is 11.8 Å². The number of hydrogen-bond acceptors (Lipinski definition) is 5. The van der Waals surface area contributed by atoms with E-state index < -0.39 is 11.5 Å². The van der Waals surface area contributed by atoms with Crippen molar-refractivity contribution in [3.63, 3.8) is 0 Å². The van der Waals surface area contributed by atoms with Gasteiger partial charge in [0.2, 0.25) is 11.8 Å². The quantitative estimate of drug-likeness (QED) is 0.683. The van der Waals surface area contributed by atoms with Crippen LogP contribution >= 0.6 is 0 Å². The van der Waals surface area contributed by atoms with Crippen LogP contribution in [0.4, 0.5) is 0 Å². The maximum atomic E-state index is 12.8. The summed E-state index contributed by atoms with van der Waals surface area (Å²) in [6.45, 7) is 5.89. The van der Waals surface area contributed by atoms with Crippen molar-refractivity contribution in [1.82, 2.24) is 20.0 Å². The molecule has 0 unspecified atom stereocenters. The molecule has 3 fully saturated rings. The highest BCUT2D eigenvalue weighted by molar-refractivity contribution is 5.86. The molecular weight excluding hydrogens is 308 g/mol. The summed E-state index contributed by atoms with van der Waals surface area (Å²) in [6, 6.07) is 0. The summed E-state index contributed by atoms with van der Waals surface area (Å²) < 4.78 is 0. The predicted octanol–water partition coefficient (Wildman–Crippen LogP) is -0.886. The average molecular weight is 338 g/mol. The van der Waals surface area contributed by atoms with Crippen LogP contribution in [-0.2, 0) is 9.59 Å². The Morgan fingerprint density at radius 2 is 2.08 bits per heavy atom. The van der Waals surface area contributed by atoms with Gasteiger partial charge in [-0.15, -0.1) is 0 Å². The van der Waals surface area contributed by atoms with Gasteiger partial charge in [-0.2, -0.15) is 0 Å². The third-order valence-corrected chi connectivity index (χ3v) is 5.84. The Morgan fingerprint density at radius 1 is 1.25 bits per heavy atom. The van der Waals surface area contributed by atoms with Crippen LogP contribution < -0.4 is 5.32 Å². The van der Waals surface area contributed by atoms with Crippen LogP contribution in [0, 0.1) is 5.41 Å². The number of aliphatic hydroxyl groups is 1. The number of carbonyl (C=O) groups is 2. The van der Waals surface area contributed by atoms with Gasteiger partial charge in [0.05, 0.1) is 18.1 Å².